The summed E-state index contributed by atoms with van der Waals surface area (Å²) >= 11 is 0. The Kier molecular flexibility index (Phi) is 5.29. The summed E-state index contributed by atoms with van der Waals surface area (Å²) in [7, 11) is -3.76. The summed E-state index contributed by atoms with van der Waals surface area (Å²) in [6, 6.07) is 20.6. The molecule has 7 heteroatoms. The van der Waals surface area contributed by atoms with E-state index in [1.54, 1.807) is 27.7 Å². The highest BCUT2D eigenvalue weighted by atomic mass is 32.2. The molecule has 1 amide bonds. The van der Waals surface area contributed by atoms with E-state index in [-0.39, 0.29) is 29.1 Å². The molecule has 5 rings (SSSR count). The maximum atomic E-state index is 13.6. The van der Waals surface area contributed by atoms with Crippen LogP contribution in [0.25, 0.3) is 10.9 Å². The van der Waals surface area contributed by atoms with Crippen molar-refractivity contribution in [2.45, 2.75) is 36.6 Å². The lowest BCUT2D eigenvalue weighted by Crippen LogP contribution is -2.37. The van der Waals surface area contributed by atoms with Gasteiger partial charge in [0.1, 0.15) is 12.4 Å². The number of carbonyl (C=O) groups is 1. The molecular formula is C26H23FN2O3S. The zero-order valence-electron chi connectivity index (χ0n) is 18.1. The van der Waals surface area contributed by atoms with Crippen molar-refractivity contribution in [1.29, 1.82) is 0 Å². The highest BCUT2D eigenvalue weighted by Crippen LogP contribution is 2.33. The number of hydrogen-bond donors (Lipinski definition) is 0. The lowest BCUT2D eigenvalue weighted by molar-refractivity contribution is -0.119. The number of para-hydroxylation sites is 2. The van der Waals surface area contributed by atoms with Crippen molar-refractivity contribution in [3.05, 3.63) is 95.9 Å². The summed E-state index contributed by atoms with van der Waals surface area (Å²) in [4.78, 5) is 15.3. The molecule has 1 aromatic heterocycles. The molecular weight excluding hydrogens is 439 g/mol. The Bertz CT molecular complexity index is 1480. The second kappa shape index (κ2) is 8.15. The van der Waals surface area contributed by atoms with E-state index in [0.717, 1.165) is 17.7 Å². The third-order valence-corrected chi connectivity index (χ3v) is 7.82. The van der Waals surface area contributed by atoms with Crippen LogP contribution in [-0.2, 0) is 33.4 Å². The van der Waals surface area contributed by atoms with Crippen LogP contribution in [-0.4, -0.2) is 24.9 Å². The van der Waals surface area contributed by atoms with Crippen LogP contribution in [0.4, 0.5) is 10.1 Å². The number of hydrogen-bond acceptors (Lipinski definition) is 3. The van der Waals surface area contributed by atoms with Gasteiger partial charge in [0.05, 0.1) is 10.6 Å². The first-order valence-electron chi connectivity index (χ1n) is 10.8. The average Bonchev–Trinajstić information content (AvgIpc) is 3.31. The monoisotopic (exact) mass is 462 g/mol. The standard InChI is InChI=1S/C26H23FN2O3S/c1-18-13-20-8-2-4-11-23(20)29(18)26(30)16-28-15-25(22-10-3-5-12-24(22)28)33(31,32)17-19-7-6-9-21(27)14-19/h2-12,14-15,18H,13,16-17H2,1H3. The summed E-state index contributed by atoms with van der Waals surface area (Å²) in [6.07, 6.45) is 2.32. The van der Waals surface area contributed by atoms with E-state index >= 15 is 0 Å². The Morgan fingerprint density at radius 2 is 1.79 bits per heavy atom. The van der Waals surface area contributed by atoms with Gasteiger partial charge in [-0.1, -0.05) is 48.5 Å². The minimum absolute atomic E-state index is 0.0225. The van der Waals surface area contributed by atoms with E-state index in [1.165, 1.54) is 24.4 Å². The lowest BCUT2D eigenvalue weighted by Gasteiger charge is -2.23. The van der Waals surface area contributed by atoms with Crippen molar-refractivity contribution >= 4 is 32.3 Å². The van der Waals surface area contributed by atoms with Crippen LogP contribution < -0.4 is 4.90 Å². The molecule has 0 spiro atoms. The summed E-state index contributed by atoms with van der Waals surface area (Å²) in [5, 5.41) is 0.552. The molecule has 2 heterocycles. The number of nitrogens with zero attached hydrogens (tertiary/aromatic N) is 2. The zero-order chi connectivity index (χ0) is 23.2. The fourth-order valence-electron chi connectivity index (χ4n) is 4.68. The van der Waals surface area contributed by atoms with Crippen molar-refractivity contribution in [1.82, 2.24) is 4.57 Å². The molecule has 5 nitrogen and oxygen atoms in total. The molecule has 3 aromatic carbocycles. The van der Waals surface area contributed by atoms with Gasteiger partial charge < -0.3 is 9.47 Å². The van der Waals surface area contributed by atoms with Gasteiger partial charge in [-0.25, -0.2) is 12.8 Å². The number of fused-ring (bicyclic) bond motifs is 2. The molecule has 0 saturated heterocycles. The average molecular weight is 463 g/mol. The predicted molar refractivity (Wildman–Crippen MR) is 126 cm³/mol. The number of benzene rings is 3. The minimum atomic E-state index is -3.76. The smallest absolute Gasteiger partial charge is 0.247 e. The van der Waals surface area contributed by atoms with Crippen LogP contribution in [0.1, 0.15) is 18.1 Å². The molecule has 1 unspecified atom stereocenters. The first kappa shape index (κ1) is 21.4. The Hall–Kier alpha value is -3.45. The fourth-order valence-corrected chi connectivity index (χ4v) is 6.25. The number of rotatable bonds is 5. The van der Waals surface area contributed by atoms with E-state index in [2.05, 4.69) is 0 Å². The van der Waals surface area contributed by atoms with E-state index in [1.807, 2.05) is 43.3 Å². The first-order chi connectivity index (χ1) is 15.8. The summed E-state index contributed by atoms with van der Waals surface area (Å²) in [6.45, 7) is 2.04. The van der Waals surface area contributed by atoms with Crippen LogP contribution in [0.3, 0.4) is 0 Å². The van der Waals surface area contributed by atoms with Crippen LogP contribution in [0, 0.1) is 5.82 Å². The van der Waals surface area contributed by atoms with Gasteiger partial charge in [0.2, 0.25) is 5.91 Å². The maximum absolute atomic E-state index is 13.6. The van der Waals surface area contributed by atoms with Gasteiger partial charge in [0.15, 0.2) is 9.84 Å². The SMILES string of the molecule is CC1Cc2ccccc2N1C(=O)Cn1cc(S(=O)(=O)Cc2cccc(F)c2)c2ccccc21. The number of aromatic nitrogens is 1. The highest BCUT2D eigenvalue weighted by molar-refractivity contribution is 7.90. The quantitative estimate of drug-likeness (QED) is 0.431. The number of anilines is 1. The predicted octanol–water partition coefficient (Wildman–Crippen LogP) is 4.73. The van der Waals surface area contributed by atoms with Gasteiger partial charge in [-0.2, -0.15) is 0 Å². The molecule has 0 fully saturated rings. The van der Waals surface area contributed by atoms with Crippen LogP contribution in [0.15, 0.2) is 83.9 Å². The van der Waals surface area contributed by atoms with E-state index < -0.39 is 15.7 Å². The summed E-state index contributed by atoms with van der Waals surface area (Å²) in [5.74, 6) is -0.887. The first-order valence-corrected chi connectivity index (χ1v) is 12.4. The Labute approximate surface area is 192 Å². The minimum Gasteiger partial charge on any atom is -0.337 e. The third kappa shape index (κ3) is 3.93. The van der Waals surface area contributed by atoms with E-state index in [9.17, 15) is 17.6 Å². The molecule has 4 aromatic rings. The fraction of sp³-hybridized carbons (Fsp3) is 0.192. The summed E-state index contributed by atoms with van der Waals surface area (Å²) in [5.41, 5.74) is 3.09. The summed E-state index contributed by atoms with van der Waals surface area (Å²) < 4.78 is 41.8. The van der Waals surface area contributed by atoms with E-state index in [0.29, 0.717) is 16.5 Å². The number of amides is 1. The molecule has 0 radical (unpaired) electrons. The van der Waals surface area contributed by atoms with Gasteiger partial charge in [-0.05, 0) is 48.7 Å². The molecule has 0 bridgehead atoms. The van der Waals surface area contributed by atoms with E-state index in [4.69, 9.17) is 0 Å². The van der Waals surface area contributed by atoms with Gasteiger partial charge in [0.25, 0.3) is 0 Å². The number of carbonyl (C=O) groups excluding carboxylic acids is 1. The normalized spacial score (nSPS) is 15.7. The number of halogens is 1. The van der Waals surface area contributed by atoms with Crippen molar-refractivity contribution in [2.75, 3.05) is 4.90 Å². The second-order valence-corrected chi connectivity index (χ2v) is 10.4. The van der Waals surface area contributed by atoms with Crippen LogP contribution in [0.5, 0.6) is 0 Å². The van der Waals surface area contributed by atoms with Crippen LogP contribution in [0.2, 0.25) is 0 Å². The van der Waals surface area contributed by atoms with Crippen molar-refractivity contribution in [2.24, 2.45) is 0 Å². The maximum Gasteiger partial charge on any atom is 0.247 e. The Balaban J connectivity index is 1.50. The zero-order valence-corrected chi connectivity index (χ0v) is 18.9. The molecule has 0 aliphatic carbocycles. The van der Waals surface area contributed by atoms with Gasteiger partial charge >= 0.3 is 0 Å². The largest absolute Gasteiger partial charge is 0.337 e. The molecule has 1 aliphatic rings. The molecule has 0 N–H and O–H groups in total. The van der Waals surface area contributed by atoms with Crippen molar-refractivity contribution in [3.8, 4) is 0 Å². The topological polar surface area (TPSA) is 59.4 Å². The van der Waals surface area contributed by atoms with Crippen LogP contribution >= 0.6 is 0 Å². The Morgan fingerprint density at radius 1 is 1.03 bits per heavy atom. The molecule has 1 atom stereocenters. The lowest BCUT2D eigenvalue weighted by atomic mass is 10.1. The van der Waals surface area contributed by atoms with Crippen molar-refractivity contribution < 1.29 is 17.6 Å². The molecule has 1 aliphatic heterocycles. The molecule has 0 saturated carbocycles. The highest BCUT2D eigenvalue weighted by Gasteiger charge is 2.31. The van der Waals surface area contributed by atoms with Gasteiger partial charge in [0, 0.05) is 28.8 Å². The van der Waals surface area contributed by atoms with Gasteiger partial charge in [-0.15, -0.1) is 0 Å². The number of sulfone groups is 1. The second-order valence-electron chi connectivity index (χ2n) is 8.47. The Morgan fingerprint density at radius 3 is 2.61 bits per heavy atom. The van der Waals surface area contributed by atoms with Crippen molar-refractivity contribution in [3.63, 3.8) is 0 Å². The third-order valence-electron chi connectivity index (χ3n) is 6.11. The molecule has 33 heavy (non-hydrogen) atoms. The van der Waals surface area contributed by atoms with Gasteiger partial charge in [-0.3, -0.25) is 4.79 Å². The molecule has 168 valence electrons.